The molecule has 5 nitrogen and oxygen atoms in total. The first kappa shape index (κ1) is 10.6. The van der Waals surface area contributed by atoms with Crippen LogP contribution in [0.4, 0.5) is 11.5 Å². The van der Waals surface area contributed by atoms with Gasteiger partial charge < -0.3 is 15.6 Å². The van der Waals surface area contributed by atoms with E-state index in [1.54, 1.807) is 0 Å². The van der Waals surface area contributed by atoms with Gasteiger partial charge in [-0.2, -0.15) is 5.26 Å². The van der Waals surface area contributed by atoms with Gasteiger partial charge in [-0.1, -0.05) is 0 Å². The van der Waals surface area contributed by atoms with Crippen molar-refractivity contribution in [1.29, 1.82) is 5.26 Å². The van der Waals surface area contributed by atoms with Crippen molar-refractivity contribution in [2.75, 3.05) is 23.7 Å². The van der Waals surface area contributed by atoms with Gasteiger partial charge in [-0.15, -0.1) is 0 Å². The van der Waals surface area contributed by atoms with Crippen molar-refractivity contribution in [1.82, 2.24) is 4.98 Å². The summed E-state index contributed by atoms with van der Waals surface area (Å²) in [5.41, 5.74) is 6.05. The van der Waals surface area contributed by atoms with Gasteiger partial charge in [0.05, 0.1) is 5.69 Å². The molecule has 0 spiro atoms. The monoisotopic (exact) mass is 218 g/mol. The largest absolute Gasteiger partial charge is 0.397 e. The van der Waals surface area contributed by atoms with Crippen molar-refractivity contribution >= 4 is 11.5 Å². The molecule has 0 amide bonds. The second-order valence-electron chi connectivity index (χ2n) is 3.97. The summed E-state index contributed by atoms with van der Waals surface area (Å²) >= 11 is 0. The van der Waals surface area contributed by atoms with Gasteiger partial charge in [0.2, 0.25) is 0 Å². The fraction of sp³-hybridized carbons (Fsp3) is 0.455. The summed E-state index contributed by atoms with van der Waals surface area (Å²) in [6.07, 6.45) is 3.37. The molecule has 0 atom stereocenters. The average molecular weight is 218 g/mol. The second-order valence-corrected chi connectivity index (χ2v) is 3.97. The summed E-state index contributed by atoms with van der Waals surface area (Å²) in [5, 5.41) is 9.04. The number of nitrogens with zero attached hydrogens (tertiary/aromatic N) is 2. The molecule has 1 aromatic rings. The minimum Gasteiger partial charge on any atom is -0.397 e. The predicted octanol–water partition coefficient (Wildman–Crippen LogP) is 0.819. The van der Waals surface area contributed by atoms with Crippen molar-refractivity contribution in [3.63, 3.8) is 0 Å². The molecule has 0 bridgehead atoms. The number of nitrogens with two attached hydrogens (primary N) is 1. The van der Waals surface area contributed by atoms with Crippen LogP contribution in [-0.4, -0.2) is 18.1 Å². The van der Waals surface area contributed by atoms with Crippen LogP contribution in [0.3, 0.4) is 0 Å². The lowest BCUT2D eigenvalue weighted by Gasteiger charge is -2.29. The molecular weight excluding hydrogens is 204 g/mol. The number of nitrogen functional groups attached to an aromatic ring is 1. The summed E-state index contributed by atoms with van der Waals surface area (Å²) in [6, 6.07) is 3.31. The maximum absolute atomic E-state index is 11.4. The van der Waals surface area contributed by atoms with Gasteiger partial charge in [-0.3, -0.25) is 4.79 Å². The maximum atomic E-state index is 11.4. The Morgan fingerprint density at radius 2 is 2.06 bits per heavy atom. The zero-order valence-electron chi connectivity index (χ0n) is 8.99. The molecule has 3 N–H and O–H groups in total. The van der Waals surface area contributed by atoms with Gasteiger partial charge >= 0.3 is 0 Å². The van der Waals surface area contributed by atoms with E-state index in [9.17, 15) is 4.79 Å². The van der Waals surface area contributed by atoms with Gasteiger partial charge in [-0.25, -0.2) is 0 Å². The molecule has 1 aliphatic rings. The molecule has 1 aliphatic heterocycles. The fourth-order valence-corrected chi connectivity index (χ4v) is 2.04. The van der Waals surface area contributed by atoms with Crippen molar-refractivity contribution in [2.24, 2.45) is 0 Å². The summed E-state index contributed by atoms with van der Waals surface area (Å²) in [4.78, 5) is 16.1. The quantitative estimate of drug-likeness (QED) is 0.730. The average Bonchev–Trinajstić information content (AvgIpc) is 2.29. The fourth-order valence-electron chi connectivity index (χ4n) is 2.04. The Bertz CT molecular complexity index is 480. The Labute approximate surface area is 93.5 Å². The van der Waals surface area contributed by atoms with Crippen LogP contribution in [0.25, 0.3) is 0 Å². The molecule has 5 heteroatoms. The van der Waals surface area contributed by atoms with E-state index in [1.807, 2.05) is 4.90 Å². The van der Waals surface area contributed by atoms with Gasteiger partial charge in [0.1, 0.15) is 17.5 Å². The minimum absolute atomic E-state index is 0.253. The van der Waals surface area contributed by atoms with E-state index in [0.29, 0.717) is 11.4 Å². The number of nitrogens with one attached hydrogen (secondary N) is 1. The number of hydrogen-bond donors (Lipinski definition) is 2. The first-order chi connectivity index (χ1) is 7.72. The third-order valence-corrected chi connectivity index (χ3v) is 2.84. The van der Waals surface area contributed by atoms with Crippen molar-refractivity contribution in [3.8, 4) is 6.07 Å². The number of piperidine rings is 1. The number of anilines is 2. The van der Waals surface area contributed by atoms with E-state index in [-0.39, 0.29) is 11.2 Å². The standard InChI is InChI=1S/C11H14N4O/c12-7-8-9(13)6-10(16)14-11(8)15-4-2-1-3-5-15/h6H,1-5H2,(H3,13,14,16). The topological polar surface area (TPSA) is 85.9 Å². The molecule has 2 rings (SSSR count). The van der Waals surface area contributed by atoms with Crippen molar-refractivity contribution in [3.05, 3.63) is 22.0 Å². The summed E-state index contributed by atoms with van der Waals surface area (Å²) in [7, 11) is 0. The molecule has 0 radical (unpaired) electrons. The van der Waals surface area contributed by atoms with Crippen molar-refractivity contribution in [2.45, 2.75) is 19.3 Å². The van der Waals surface area contributed by atoms with Gasteiger partial charge in [-0.05, 0) is 19.3 Å². The molecule has 0 saturated carbocycles. The molecule has 1 aromatic heterocycles. The highest BCUT2D eigenvalue weighted by molar-refractivity contribution is 5.66. The third kappa shape index (κ3) is 1.87. The number of aromatic nitrogens is 1. The molecule has 0 aromatic carbocycles. The highest BCUT2D eigenvalue weighted by Gasteiger charge is 2.17. The Morgan fingerprint density at radius 1 is 1.38 bits per heavy atom. The summed E-state index contributed by atoms with van der Waals surface area (Å²) < 4.78 is 0. The Balaban J connectivity index is 2.46. The summed E-state index contributed by atoms with van der Waals surface area (Å²) in [5.74, 6) is 0.576. The van der Waals surface area contributed by atoms with E-state index in [2.05, 4.69) is 11.1 Å². The molecule has 0 aliphatic carbocycles. The maximum Gasteiger partial charge on any atom is 0.251 e. The van der Waals surface area contributed by atoms with Crippen LogP contribution < -0.4 is 16.2 Å². The van der Waals surface area contributed by atoms with E-state index in [4.69, 9.17) is 11.0 Å². The molecule has 84 valence electrons. The van der Waals surface area contributed by atoms with E-state index >= 15 is 0 Å². The number of H-pyrrole nitrogens is 1. The minimum atomic E-state index is -0.253. The van der Waals surface area contributed by atoms with Gasteiger partial charge in [0.15, 0.2) is 0 Å². The Morgan fingerprint density at radius 3 is 2.69 bits per heavy atom. The van der Waals surface area contributed by atoms with E-state index in [0.717, 1.165) is 25.9 Å². The van der Waals surface area contributed by atoms with Crippen LogP contribution in [0.5, 0.6) is 0 Å². The number of aromatic amines is 1. The molecular formula is C11H14N4O. The van der Waals surface area contributed by atoms with E-state index in [1.165, 1.54) is 12.5 Å². The first-order valence-corrected chi connectivity index (χ1v) is 5.40. The number of nitriles is 1. The van der Waals surface area contributed by atoms with Crippen LogP contribution in [0.1, 0.15) is 24.8 Å². The van der Waals surface area contributed by atoms with Crippen LogP contribution >= 0.6 is 0 Å². The Hall–Kier alpha value is -1.96. The van der Waals surface area contributed by atoms with Gasteiger partial charge in [0, 0.05) is 19.2 Å². The summed E-state index contributed by atoms with van der Waals surface area (Å²) in [6.45, 7) is 1.74. The van der Waals surface area contributed by atoms with Crippen LogP contribution in [0, 0.1) is 11.3 Å². The second kappa shape index (κ2) is 4.27. The van der Waals surface area contributed by atoms with Crippen LogP contribution in [-0.2, 0) is 0 Å². The molecule has 16 heavy (non-hydrogen) atoms. The van der Waals surface area contributed by atoms with Crippen LogP contribution in [0.15, 0.2) is 10.9 Å². The SMILES string of the molecule is N#Cc1c(N)cc(=O)[nH]c1N1CCCCC1. The first-order valence-electron chi connectivity index (χ1n) is 5.40. The molecule has 2 heterocycles. The Kier molecular flexibility index (Phi) is 2.82. The number of hydrogen-bond acceptors (Lipinski definition) is 4. The molecule has 0 unspecified atom stereocenters. The zero-order chi connectivity index (χ0) is 11.5. The third-order valence-electron chi connectivity index (χ3n) is 2.84. The van der Waals surface area contributed by atoms with E-state index < -0.39 is 0 Å². The zero-order valence-corrected chi connectivity index (χ0v) is 8.99. The molecule has 1 fully saturated rings. The molecule has 1 saturated heterocycles. The smallest absolute Gasteiger partial charge is 0.251 e. The lowest BCUT2D eigenvalue weighted by atomic mass is 10.1. The lowest BCUT2D eigenvalue weighted by Crippen LogP contribution is -2.32. The highest BCUT2D eigenvalue weighted by atomic mass is 16.1. The number of pyridine rings is 1. The predicted molar refractivity (Wildman–Crippen MR) is 62.3 cm³/mol. The normalized spacial score (nSPS) is 15.8. The van der Waals surface area contributed by atoms with Crippen molar-refractivity contribution < 1.29 is 0 Å². The lowest BCUT2D eigenvalue weighted by molar-refractivity contribution is 0.572. The number of rotatable bonds is 1. The van der Waals surface area contributed by atoms with Crippen LogP contribution in [0.2, 0.25) is 0 Å². The van der Waals surface area contributed by atoms with Gasteiger partial charge in [0.25, 0.3) is 5.56 Å². The highest BCUT2D eigenvalue weighted by Crippen LogP contribution is 2.23.